The third-order valence-electron chi connectivity index (χ3n) is 5.36. The molecule has 1 amide bonds. The monoisotopic (exact) mass is 393 g/mol. The Morgan fingerprint density at radius 1 is 1.21 bits per heavy atom. The molecule has 29 heavy (non-hydrogen) atoms. The van der Waals surface area contributed by atoms with Gasteiger partial charge in [0.15, 0.2) is 0 Å². The molecule has 0 bridgehead atoms. The van der Waals surface area contributed by atoms with Gasteiger partial charge in [-0.3, -0.25) is 4.79 Å². The molecule has 5 heteroatoms. The van der Waals surface area contributed by atoms with E-state index in [9.17, 15) is 4.79 Å². The lowest BCUT2D eigenvalue weighted by Crippen LogP contribution is -2.32. The van der Waals surface area contributed by atoms with Crippen LogP contribution in [-0.2, 0) is 11.2 Å². The van der Waals surface area contributed by atoms with Gasteiger partial charge in [-0.1, -0.05) is 37.3 Å². The Morgan fingerprint density at radius 2 is 2.00 bits per heavy atom. The van der Waals surface area contributed by atoms with E-state index in [-0.39, 0.29) is 11.8 Å². The summed E-state index contributed by atoms with van der Waals surface area (Å²) in [4.78, 5) is 18.3. The molecule has 0 unspecified atom stereocenters. The SMILES string of the molecule is CCc1cccc2c([C@@H](CC(=O)NCCN(C)C)c3cccc(OC)c3)c[nH]c12. The molecule has 0 fully saturated rings. The molecule has 3 aromatic rings. The van der Waals surface area contributed by atoms with Gasteiger partial charge < -0.3 is 19.9 Å². The van der Waals surface area contributed by atoms with Crippen molar-refractivity contribution in [2.75, 3.05) is 34.3 Å². The molecule has 0 aliphatic heterocycles. The zero-order valence-corrected chi connectivity index (χ0v) is 17.8. The molecular weight excluding hydrogens is 362 g/mol. The minimum atomic E-state index is -0.0506. The molecule has 154 valence electrons. The van der Waals surface area contributed by atoms with Crippen molar-refractivity contribution in [3.8, 4) is 5.75 Å². The molecule has 5 nitrogen and oxygen atoms in total. The van der Waals surface area contributed by atoms with Crippen LogP contribution >= 0.6 is 0 Å². The summed E-state index contributed by atoms with van der Waals surface area (Å²) >= 11 is 0. The first-order valence-electron chi connectivity index (χ1n) is 10.2. The lowest BCUT2D eigenvalue weighted by molar-refractivity contribution is -0.121. The highest BCUT2D eigenvalue weighted by molar-refractivity contribution is 5.88. The minimum Gasteiger partial charge on any atom is -0.497 e. The van der Waals surface area contributed by atoms with Gasteiger partial charge in [0.05, 0.1) is 7.11 Å². The number of nitrogens with one attached hydrogen (secondary N) is 2. The fourth-order valence-electron chi connectivity index (χ4n) is 3.76. The number of H-pyrrole nitrogens is 1. The highest BCUT2D eigenvalue weighted by atomic mass is 16.5. The van der Waals surface area contributed by atoms with Crippen LogP contribution in [0.2, 0.25) is 0 Å². The molecule has 1 heterocycles. The number of fused-ring (bicyclic) bond motifs is 1. The largest absolute Gasteiger partial charge is 0.497 e. The van der Waals surface area contributed by atoms with E-state index < -0.39 is 0 Å². The third kappa shape index (κ3) is 4.98. The first-order valence-corrected chi connectivity index (χ1v) is 10.2. The van der Waals surface area contributed by atoms with Gasteiger partial charge in [0.2, 0.25) is 5.91 Å². The molecule has 2 N–H and O–H groups in total. The standard InChI is InChI=1S/C24H31N3O2/c1-5-17-8-7-11-20-22(16-26-24(17)20)21(15-23(28)25-12-13-27(2)3)18-9-6-10-19(14-18)29-4/h6-11,14,16,21,26H,5,12-13,15H2,1-4H3,(H,25,28)/t21-/m0/s1. The van der Waals surface area contributed by atoms with Crippen molar-refractivity contribution in [2.45, 2.75) is 25.7 Å². The molecule has 2 aromatic carbocycles. The maximum atomic E-state index is 12.7. The van der Waals surface area contributed by atoms with Crippen molar-refractivity contribution in [3.63, 3.8) is 0 Å². The number of amides is 1. The summed E-state index contributed by atoms with van der Waals surface area (Å²) < 4.78 is 5.43. The molecule has 0 aliphatic rings. The summed E-state index contributed by atoms with van der Waals surface area (Å²) in [6.07, 6.45) is 3.41. The first kappa shape index (κ1) is 20.9. The number of hydrogen-bond acceptors (Lipinski definition) is 3. The Morgan fingerprint density at radius 3 is 2.72 bits per heavy atom. The Kier molecular flexibility index (Phi) is 6.94. The topological polar surface area (TPSA) is 57.4 Å². The van der Waals surface area contributed by atoms with Gasteiger partial charge >= 0.3 is 0 Å². The lowest BCUT2D eigenvalue weighted by atomic mass is 9.87. The maximum absolute atomic E-state index is 12.7. The predicted octanol–water partition coefficient (Wildman–Crippen LogP) is 3.94. The summed E-state index contributed by atoms with van der Waals surface area (Å²) in [6, 6.07) is 14.4. The van der Waals surface area contributed by atoms with Crippen LogP contribution < -0.4 is 10.1 Å². The normalized spacial score (nSPS) is 12.3. The van der Waals surface area contributed by atoms with Crippen LogP contribution in [0.15, 0.2) is 48.7 Å². The van der Waals surface area contributed by atoms with Gasteiger partial charge in [-0.15, -0.1) is 0 Å². The third-order valence-corrected chi connectivity index (χ3v) is 5.36. The minimum absolute atomic E-state index is 0.0506. The van der Waals surface area contributed by atoms with Gasteiger partial charge in [0.1, 0.15) is 5.75 Å². The number of carbonyl (C=O) groups excluding carboxylic acids is 1. The molecule has 3 rings (SSSR count). The van der Waals surface area contributed by atoms with E-state index >= 15 is 0 Å². The van der Waals surface area contributed by atoms with Crippen molar-refractivity contribution in [2.24, 2.45) is 0 Å². The first-order chi connectivity index (χ1) is 14.0. The number of ether oxygens (including phenoxy) is 1. The molecule has 0 saturated carbocycles. The van der Waals surface area contributed by atoms with Crippen LogP contribution in [0.5, 0.6) is 5.75 Å². The average molecular weight is 394 g/mol. The molecule has 0 radical (unpaired) electrons. The van der Waals surface area contributed by atoms with E-state index in [0.29, 0.717) is 13.0 Å². The zero-order chi connectivity index (χ0) is 20.8. The fourth-order valence-corrected chi connectivity index (χ4v) is 3.76. The van der Waals surface area contributed by atoms with Crippen LogP contribution in [0.4, 0.5) is 0 Å². The van der Waals surface area contributed by atoms with Crippen molar-refractivity contribution in [1.82, 2.24) is 15.2 Å². The van der Waals surface area contributed by atoms with Crippen LogP contribution in [-0.4, -0.2) is 50.1 Å². The average Bonchev–Trinajstić information content (AvgIpc) is 3.15. The number of aromatic nitrogens is 1. The summed E-state index contributed by atoms with van der Waals surface area (Å²) in [5.41, 5.74) is 4.67. The van der Waals surface area contributed by atoms with Crippen molar-refractivity contribution >= 4 is 16.8 Å². The van der Waals surface area contributed by atoms with Gasteiger partial charge in [-0.2, -0.15) is 0 Å². The highest BCUT2D eigenvalue weighted by Gasteiger charge is 2.22. The van der Waals surface area contributed by atoms with Gasteiger partial charge in [0, 0.05) is 42.5 Å². The van der Waals surface area contributed by atoms with E-state index in [2.05, 4.69) is 52.6 Å². The summed E-state index contributed by atoms with van der Waals surface area (Å²) in [5, 5.41) is 4.23. The molecular formula is C24H31N3O2. The molecule has 1 aromatic heterocycles. The van der Waals surface area contributed by atoms with Crippen molar-refractivity contribution in [3.05, 3.63) is 65.4 Å². The van der Waals surface area contributed by atoms with E-state index in [4.69, 9.17) is 4.74 Å². The number of carbonyl (C=O) groups is 1. The van der Waals surface area contributed by atoms with Gasteiger partial charge in [-0.25, -0.2) is 0 Å². The smallest absolute Gasteiger partial charge is 0.220 e. The van der Waals surface area contributed by atoms with Crippen LogP contribution in [0.25, 0.3) is 10.9 Å². The van der Waals surface area contributed by atoms with Crippen molar-refractivity contribution < 1.29 is 9.53 Å². The number of methoxy groups -OCH3 is 1. The number of likely N-dealkylation sites (N-methyl/N-ethyl adjacent to an activating group) is 1. The molecule has 1 atom stereocenters. The molecule has 0 saturated heterocycles. The lowest BCUT2D eigenvalue weighted by Gasteiger charge is -2.18. The van der Waals surface area contributed by atoms with E-state index in [1.54, 1.807) is 7.11 Å². The number of benzene rings is 2. The highest BCUT2D eigenvalue weighted by Crippen LogP contribution is 2.35. The Bertz CT molecular complexity index is 962. The number of aromatic amines is 1. The number of rotatable bonds is 9. The van der Waals surface area contributed by atoms with Crippen LogP contribution in [0.1, 0.15) is 36.0 Å². The predicted molar refractivity (Wildman–Crippen MR) is 119 cm³/mol. The Labute approximate surface area is 173 Å². The summed E-state index contributed by atoms with van der Waals surface area (Å²) in [6.45, 7) is 3.63. The second-order valence-electron chi connectivity index (χ2n) is 7.62. The van der Waals surface area contributed by atoms with Crippen LogP contribution in [0, 0.1) is 0 Å². The number of aryl methyl sites for hydroxylation is 1. The van der Waals surface area contributed by atoms with Gasteiger partial charge in [0.25, 0.3) is 0 Å². The quantitative estimate of drug-likeness (QED) is 0.579. The summed E-state index contributed by atoms with van der Waals surface area (Å²) in [5.74, 6) is 0.806. The van der Waals surface area contributed by atoms with Crippen LogP contribution in [0.3, 0.4) is 0 Å². The second kappa shape index (κ2) is 9.61. The van der Waals surface area contributed by atoms with E-state index in [1.807, 2.05) is 32.3 Å². The Hall–Kier alpha value is -2.79. The maximum Gasteiger partial charge on any atom is 0.220 e. The number of hydrogen-bond donors (Lipinski definition) is 2. The number of para-hydroxylation sites is 1. The molecule has 0 spiro atoms. The van der Waals surface area contributed by atoms with Gasteiger partial charge in [-0.05, 0) is 49.3 Å². The Balaban J connectivity index is 1.96. The zero-order valence-electron chi connectivity index (χ0n) is 17.8. The van der Waals surface area contributed by atoms with Crippen molar-refractivity contribution in [1.29, 1.82) is 0 Å². The summed E-state index contributed by atoms with van der Waals surface area (Å²) in [7, 11) is 5.67. The second-order valence-corrected chi connectivity index (χ2v) is 7.62. The van der Waals surface area contributed by atoms with E-state index in [0.717, 1.165) is 35.4 Å². The fraction of sp³-hybridized carbons (Fsp3) is 0.375. The molecule has 0 aliphatic carbocycles. The number of nitrogens with zero attached hydrogens (tertiary/aromatic N) is 1. The van der Waals surface area contributed by atoms with E-state index in [1.165, 1.54) is 10.9 Å².